The molecule has 3 atom stereocenters. The van der Waals surface area contributed by atoms with E-state index in [-0.39, 0.29) is 12.2 Å². The Morgan fingerprint density at radius 2 is 2.00 bits per heavy atom. The number of rotatable bonds is 2. The second kappa shape index (κ2) is 6.07. The number of aliphatic hydroxyl groups is 1. The van der Waals surface area contributed by atoms with Crippen LogP contribution < -0.4 is 0 Å². The maximum Gasteiger partial charge on any atom is 0.163 e. The molecule has 0 spiro atoms. The van der Waals surface area contributed by atoms with Crippen LogP contribution in [0.4, 0.5) is 0 Å². The molecule has 1 heterocycles. The zero-order valence-electron chi connectivity index (χ0n) is 10.9. The topological polar surface area (TPSA) is 38.7 Å². The van der Waals surface area contributed by atoms with Crippen molar-refractivity contribution < 1.29 is 14.6 Å². The van der Waals surface area contributed by atoms with Crippen LogP contribution in [0.15, 0.2) is 0 Å². The van der Waals surface area contributed by atoms with Crippen molar-refractivity contribution in [3.8, 4) is 23.7 Å². The van der Waals surface area contributed by atoms with E-state index in [9.17, 15) is 5.11 Å². The second-order valence-electron chi connectivity index (χ2n) is 4.58. The minimum absolute atomic E-state index is 0.00426. The van der Waals surface area contributed by atoms with Gasteiger partial charge in [-0.2, -0.15) is 0 Å². The normalized spacial score (nSPS) is 27.6. The Labute approximate surface area is 103 Å². The first kappa shape index (κ1) is 14.1. The monoisotopic (exact) mass is 236 g/mol. The fourth-order valence-electron chi connectivity index (χ4n) is 1.64. The molecular formula is C14H20O3. The summed E-state index contributed by atoms with van der Waals surface area (Å²) in [5, 5.41) is 9.19. The molecule has 1 aliphatic heterocycles. The van der Waals surface area contributed by atoms with Gasteiger partial charge in [0.1, 0.15) is 6.10 Å². The minimum Gasteiger partial charge on any atom is -0.380 e. The van der Waals surface area contributed by atoms with E-state index in [1.807, 2.05) is 27.7 Å². The summed E-state index contributed by atoms with van der Waals surface area (Å²) in [5.74, 6) is 10.4. The van der Waals surface area contributed by atoms with Gasteiger partial charge in [-0.25, -0.2) is 0 Å². The summed E-state index contributed by atoms with van der Waals surface area (Å²) in [6.45, 7) is 7.65. The predicted octanol–water partition coefficient (Wildman–Crippen LogP) is 1.69. The molecule has 1 fully saturated rings. The van der Waals surface area contributed by atoms with Crippen molar-refractivity contribution in [1.29, 1.82) is 0 Å². The Morgan fingerprint density at radius 3 is 2.53 bits per heavy atom. The highest BCUT2D eigenvalue weighted by atomic mass is 16.7. The Bertz CT molecular complexity index is 364. The van der Waals surface area contributed by atoms with Gasteiger partial charge in [-0.3, -0.25) is 0 Å². The highest BCUT2D eigenvalue weighted by Crippen LogP contribution is 2.29. The van der Waals surface area contributed by atoms with Crippen molar-refractivity contribution in [2.45, 2.75) is 64.6 Å². The van der Waals surface area contributed by atoms with Gasteiger partial charge in [0.25, 0.3) is 0 Å². The number of ether oxygens (including phenoxy) is 2. The van der Waals surface area contributed by atoms with Gasteiger partial charge in [0, 0.05) is 6.42 Å². The predicted molar refractivity (Wildman–Crippen MR) is 66.0 cm³/mol. The zero-order chi connectivity index (χ0) is 12.9. The summed E-state index contributed by atoms with van der Waals surface area (Å²) in [5.41, 5.74) is 0. The zero-order valence-corrected chi connectivity index (χ0v) is 10.9. The van der Waals surface area contributed by atoms with Crippen molar-refractivity contribution in [3.63, 3.8) is 0 Å². The molecule has 1 N–H and O–H groups in total. The maximum absolute atomic E-state index is 9.19. The molecule has 0 aromatic rings. The van der Waals surface area contributed by atoms with Gasteiger partial charge in [-0.1, -0.05) is 18.8 Å². The first-order valence-electron chi connectivity index (χ1n) is 5.96. The molecule has 0 aromatic carbocycles. The maximum atomic E-state index is 9.19. The van der Waals surface area contributed by atoms with Crippen LogP contribution in [-0.4, -0.2) is 29.2 Å². The molecule has 0 aliphatic carbocycles. The lowest BCUT2D eigenvalue weighted by Crippen LogP contribution is -2.21. The quantitative estimate of drug-likeness (QED) is 0.742. The van der Waals surface area contributed by atoms with Crippen molar-refractivity contribution >= 4 is 0 Å². The van der Waals surface area contributed by atoms with Gasteiger partial charge in [0.15, 0.2) is 5.79 Å². The standard InChI is InChI=1S/C14H20O3/c1-5-12(15)9-7-6-8-10-13-11(2)16-14(3,4)17-13/h11-13,15H,5,10H2,1-4H3/t11-,12+,13-/m1/s1. The van der Waals surface area contributed by atoms with E-state index in [0.29, 0.717) is 12.8 Å². The third-order valence-corrected chi connectivity index (χ3v) is 2.51. The smallest absolute Gasteiger partial charge is 0.163 e. The highest BCUT2D eigenvalue weighted by molar-refractivity contribution is 5.27. The first-order valence-corrected chi connectivity index (χ1v) is 5.96. The van der Waals surface area contributed by atoms with Crippen molar-refractivity contribution in [2.75, 3.05) is 0 Å². The molecule has 0 saturated carbocycles. The summed E-state index contributed by atoms with van der Waals surface area (Å²) in [6, 6.07) is 0. The molecule has 0 radical (unpaired) electrons. The molecule has 3 nitrogen and oxygen atoms in total. The number of hydrogen-bond donors (Lipinski definition) is 1. The molecule has 1 saturated heterocycles. The SMILES string of the molecule is CC[C@H](O)C#CC#CC[C@H]1OC(C)(C)O[C@@H]1C. The van der Waals surface area contributed by atoms with Crippen LogP contribution in [0.5, 0.6) is 0 Å². The third kappa shape index (κ3) is 4.79. The van der Waals surface area contributed by atoms with Crippen molar-refractivity contribution in [3.05, 3.63) is 0 Å². The molecular weight excluding hydrogens is 216 g/mol. The Kier molecular flexibility index (Phi) is 5.02. The summed E-state index contributed by atoms with van der Waals surface area (Å²) in [4.78, 5) is 0. The van der Waals surface area contributed by atoms with E-state index < -0.39 is 11.9 Å². The Morgan fingerprint density at radius 1 is 1.29 bits per heavy atom. The van der Waals surface area contributed by atoms with Gasteiger partial charge >= 0.3 is 0 Å². The Hall–Kier alpha value is -1.00. The molecule has 1 rings (SSSR count). The minimum atomic E-state index is -0.576. The van der Waals surface area contributed by atoms with Crippen LogP contribution in [0, 0.1) is 23.7 Å². The average molecular weight is 236 g/mol. The summed E-state index contributed by atoms with van der Waals surface area (Å²) in [7, 11) is 0. The van der Waals surface area contributed by atoms with Crippen LogP contribution in [0.1, 0.15) is 40.5 Å². The lowest BCUT2D eigenvalue weighted by atomic mass is 10.2. The number of aliphatic hydroxyl groups excluding tert-OH is 1. The van der Waals surface area contributed by atoms with Crippen molar-refractivity contribution in [2.24, 2.45) is 0 Å². The lowest BCUT2D eigenvalue weighted by Gasteiger charge is -2.16. The Balaban J connectivity index is 2.41. The summed E-state index contributed by atoms with van der Waals surface area (Å²) in [6.07, 6.45) is 0.693. The van der Waals surface area contributed by atoms with Crippen LogP contribution in [0.2, 0.25) is 0 Å². The van der Waals surface area contributed by atoms with E-state index in [1.165, 1.54) is 0 Å². The van der Waals surface area contributed by atoms with Gasteiger partial charge < -0.3 is 14.6 Å². The van der Waals surface area contributed by atoms with E-state index >= 15 is 0 Å². The molecule has 94 valence electrons. The molecule has 0 aromatic heterocycles. The number of hydrogen-bond acceptors (Lipinski definition) is 3. The molecule has 1 aliphatic rings. The van der Waals surface area contributed by atoms with E-state index in [2.05, 4.69) is 23.7 Å². The molecule has 3 heteroatoms. The molecule has 0 bridgehead atoms. The fourth-order valence-corrected chi connectivity index (χ4v) is 1.64. The van der Waals surface area contributed by atoms with Crippen LogP contribution >= 0.6 is 0 Å². The average Bonchev–Trinajstić information content (AvgIpc) is 2.51. The van der Waals surface area contributed by atoms with Crippen LogP contribution in [0.25, 0.3) is 0 Å². The van der Waals surface area contributed by atoms with Gasteiger partial charge in [0.05, 0.1) is 12.2 Å². The molecule has 0 amide bonds. The second-order valence-corrected chi connectivity index (χ2v) is 4.58. The molecule has 0 unspecified atom stereocenters. The van der Waals surface area contributed by atoms with Gasteiger partial charge in [-0.15, -0.1) is 0 Å². The van der Waals surface area contributed by atoms with Crippen LogP contribution in [0.3, 0.4) is 0 Å². The van der Waals surface area contributed by atoms with Crippen molar-refractivity contribution in [1.82, 2.24) is 0 Å². The fraction of sp³-hybridized carbons (Fsp3) is 0.714. The van der Waals surface area contributed by atoms with Gasteiger partial charge in [0.2, 0.25) is 0 Å². The summed E-state index contributed by atoms with van der Waals surface area (Å²) >= 11 is 0. The largest absolute Gasteiger partial charge is 0.380 e. The first-order chi connectivity index (χ1) is 7.94. The van der Waals surface area contributed by atoms with E-state index in [4.69, 9.17) is 9.47 Å². The molecule has 17 heavy (non-hydrogen) atoms. The summed E-state index contributed by atoms with van der Waals surface area (Å²) < 4.78 is 11.3. The highest BCUT2D eigenvalue weighted by Gasteiger charge is 2.37. The van der Waals surface area contributed by atoms with E-state index in [0.717, 1.165) is 0 Å². The van der Waals surface area contributed by atoms with Crippen LogP contribution in [-0.2, 0) is 9.47 Å². The lowest BCUT2D eigenvalue weighted by molar-refractivity contribution is -0.144. The van der Waals surface area contributed by atoms with Gasteiger partial charge in [-0.05, 0) is 39.0 Å². The van der Waals surface area contributed by atoms with E-state index in [1.54, 1.807) is 0 Å². The third-order valence-electron chi connectivity index (χ3n) is 2.51.